The lowest BCUT2D eigenvalue weighted by Gasteiger charge is -2.31. The zero-order chi connectivity index (χ0) is 25.2. The quantitative estimate of drug-likeness (QED) is 0.474. The standard InChI is InChI=1S/C29H30N2O4/c1-20(21-12-16-25(35-4)17-13-21)30(2)26(32)18-29(19-27(33)31(3)28(29)34)24-14-10-23(11-15-24)22-8-6-5-7-9-22/h5-17,20H,18-19H2,1-4H3/t20-,29-/m1/s1. The topological polar surface area (TPSA) is 66.9 Å². The van der Waals surface area contributed by atoms with Gasteiger partial charge in [0.05, 0.1) is 18.6 Å². The van der Waals surface area contributed by atoms with Crippen LogP contribution in [0.3, 0.4) is 0 Å². The number of rotatable bonds is 7. The van der Waals surface area contributed by atoms with E-state index in [2.05, 4.69) is 0 Å². The lowest BCUT2D eigenvalue weighted by atomic mass is 9.75. The van der Waals surface area contributed by atoms with Crippen molar-refractivity contribution in [1.82, 2.24) is 9.80 Å². The van der Waals surface area contributed by atoms with Crippen LogP contribution in [-0.4, -0.2) is 48.7 Å². The van der Waals surface area contributed by atoms with E-state index < -0.39 is 5.41 Å². The van der Waals surface area contributed by atoms with E-state index in [4.69, 9.17) is 4.74 Å². The second kappa shape index (κ2) is 9.74. The molecular weight excluding hydrogens is 440 g/mol. The minimum atomic E-state index is -1.22. The van der Waals surface area contributed by atoms with Crippen LogP contribution >= 0.6 is 0 Å². The molecule has 1 aliphatic rings. The minimum absolute atomic E-state index is 0.0243. The molecule has 3 amide bonds. The summed E-state index contributed by atoms with van der Waals surface area (Å²) in [7, 11) is 4.82. The molecule has 1 saturated heterocycles. The SMILES string of the molecule is COc1ccc([C@@H](C)N(C)C(=O)C[C@]2(c3ccc(-c4ccccc4)cc3)CC(=O)N(C)C2=O)cc1. The summed E-state index contributed by atoms with van der Waals surface area (Å²) in [6.07, 6.45) is -0.104. The fourth-order valence-corrected chi connectivity index (χ4v) is 4.67. The number of likely N-dealkylation sites (tertiary alicyclic amines) is 1. The summed E-state index contributed by atoms with van der Waals surface area (Å²) in [5.74, 6) is -0.0718. The maximum atomic E-state index is 13.5. The van der Waals surface area contributed by atoms with Crippen LogP contribution in [0.15, 0.2) is 78.9 Å². The van der Waals surface area contributed by atoms with Crippen LogP contribution in [-0.2, 0) is 19.8 Å². The molecule has 6 nitrogen and oxygen atoms in total. The molecule has 6 heteroatoms. The minimum Gasteiger partial charge on any atom is -0.497 e. The van der Waals surface area contributed by atoms with Gasteiger partial charge < -0.3 is 9.64 Å². The number of imide groups is 1. The first-order valence-electron chi connectivity index (χ1n) is 11.6. The Bertz CT molecular complexity index is 1220. The molecule has 1 fully saturated rings. The Morgan fingerprint density at radius 3 is 2.11 bits per heavy atom. The van der Waals surface area contributed by atoms with Crippen molar-refractivity contribution in [2.45, 2.75) is 31.2 Å². The molecule has 35 heavy (non-hydrogen) atoms. The van der Waals surface area contributed by atoms with Crippen LogP contribution in [0.5, 0.6) is 5.75 Å². The van der Waals surface area contributed by atoms with Gasteiger partial charge in [-0.05, 0) is 41.3 Å². The maximum absolute atomic E-state index is 13.5. The highest BCUT2D eigenvalue weighted by Gasteiger charge is 2.53. The zero-order valence-electron chi connectivity index (χ0n) is 20.5. The third kappa shape index (κ3) is 4.56. The van der Waals surface area contributed by atoms with Crippen molar-refractivity contribution in [2.75, 3.05) is 21.2 Å². The van der Waals surface area contributed by atoms with Crippen molar-refractivity contribution >= 4 is 17.7 Å². The predicted octanol–water partition coefficient (Wildman–Crippen LogP) is 4.60. The second-order valence-electron chi connectivity index (χ2n) is 9.09. The van der Waals surface area contributed by atoms with E-state index in [9.17, 15) is 14.4 Å². The van der Waals surface area contributed by atoms with Crippen molar-refractivity contribution in [3.63, 3.8) is 0 Å². The first kappa shape index (κ1) is 24.2. The molecule has 0 aliphatic carbocycles. The third-order valence-corrected chi connectivity index (χ3v) is 7.11. The van der Waals surface area contributed by atoms with Crippen LogP contribution in [0, 0.1) is 0 Å². The number of carbonyl (C=O) groups excluding carboxylic acids is 3. The Morgan fingerprint density at radius 2 is 1.57 bits per heavy atom. The fourth-order valence-electron chi connectivity index (χ4n) is 4.67. The van der Waals surface area contributed by atoms with Crippen molar-refractivity contribution in [2.24, 2.45) is 0 Å². The lowest BCUT2D eigenvalue weighted by Crippen LogP contribution is -2.42. The molecule has 0 aromatic heterocycles. The number of carbonyl (C=O) groups is 3. The molecule has 0 unspecified atom stereocenters. The molecule has 0 spiro atoms. The van der Waals surface area contributed by atoms with E-state index in [0.717, 1.165) is 27.3 Å². The lowest BCUT2D eigenvalue weighted by molar-refractivity contribution is -0.141. The van der Waals surface area contributed by atoms with Gasteiger partial charge in [0.1, 0.15) is 5.75 Å². The molecule has 1 heterocycles. The van der Waals surface area contributed by atoms with Crippen LogP contribution < -0.4 is 4.74 Å². The molecule has 3 aromatic carbocycles. The molecule has 180 valence electrons. The third-order valence-electron chi connectivity index (χ3n) is 7.11. The van der Waals surface area contributed by atoms with Gasteiger partial charge in [-0.15, -0.1) is 0 Å². The first-order valence-corrected chi connectivity index (χ1v) is 11.6. The Labute approximate surface area is 206 Å². The second-order valence-corrected chi connectivity index (χ2v) is 9.09. The van der Waals surface area contributed by atoms with Gasteiger partial charge in [0, 0.05) is 26.9 Å². The van der Waals surface area contributed by atoms with Crippen molar-refractivity contribution in [3.05, 3.63) is 90.0 Å². The summed E-state index contributed by atoms with van der Waals surface area (Å²) in [4.78, 5) is 42.2. The maximum Gasteiger partial charge on any atom is 0.240 e. The van der Waals surface area contributed by atoms with Crippen LogP contribution in [0.4, 0.5) is 0 Å². The van der Waals surface area contributed by atoms with Crippen LogP contribution in [0.25, 0.3) is 11.1 Å². The van der Waals surface area contributed by atoms with Gasteiger partial charge in [-0.3, -0.25) is 19.3 Å². The largest absolute Gasteiger partial charge is 0.497 e. The number of methoxy groups -OCH3 is 1. The van der Waals surface area contributed by atoms with E-state index in [1.807, 2.05) is 85.8 Å². The normalized spacial score (nSPS) is 18.5. The average molecular weight is 471 g/mol. The van der Waals surface area contributed by atoms with Crippen LogP contribution in [0.2, 0.25) is 0 Å². The van der Waals surface area contributed by atoms with Gasteiger partial charge in [0.25, 0.3) is 0 Å². The Kier molecular flexibility index (Phi) is 6.74. The molecular formula is C29H30N2O4. The highest BCUT2D eigenvalue weighted by Crippen LogP contribution is 2.41. The number of likely N-dealkylation sites (N-methyl/N-ethyl adjacent to an activating group) is 1. The van der Waals surface area contributed by atoms with E-state index in [0.29, 0.717) is 5.56 Å². The highest BCUT2D eigenvalue weighted by atomic mass is 16.5. The molecule has 4 rings (SSSR count). The summed E-state index contributed by atoms with van der Waals surface area (Å²) in [5, 5.41) is 0. The monoisotopic (exact) mass is 470 g/mol. The smallest absolute Gasteiger partial charge is 0.240 e. The molecule has 0 bridgehead atoms. The van der Waals surface area contributed by atoms with E-state index in [1.165, 1.54) is 7.05 Å². The van der Waals surface area contributed by atoms with Gasteiger partial charge in [0.2, 0.25) is 17.7 Å². The number of hydrogen-bond acceptors (Lipinski definition) is 4. The first-order chi connectivity index (χ1) is 16.8. The number of nitrogens with zero attached hydrogens (tertiary/aromatic N) is 2. The highest BCUT2D eigenvalue weighted by molar-refractivity contribution is 6.10. The number of amides is 3. The summed E-state index contributed by atoms with van der Waals surface area (Å²) >= 11 is 0. The molecule has 1 aliphatic heterocycles. The summed E-state index contributed by atoms with van der Waals surface area (Å²) in [5.41, 5.74) is 2.48. The fraction of sp³-hybridized carbons (Fsp3) is 0.276. The number of ether oxygens (including phenoxy) is 1. The molecule has 0 N–H and O–H groups in total. The van der Waals surface area contributed by atoms with Gasteiger partial charge >= 0.3 is 0 Å². The van der Waals surface area contributed by atoms with Crippen molar-refractivity contribution in [3.8, 4) is 16.9 Å². The summed E-state index contributed by atoms with van der Waals surface area (Å²) < 4.78 is 5.22. The molecule has 3 aromatic rings. The molecule has 2 atom stereocenters. The Balaban J connectivity index is 1.62. The van der Waals surface area contributed by atoms with E-state index in [-0.39, 0.29) is 36.6 Å². The average Bonchev–Trinajstić information content (AvgIpc) is 3.12. The Morgan fingerprint density at radius 1 is 0.971 bits per heavy atom. The van der Waals surface area contributed by atoms with Gasteiger partial charge in [-0.2, -0.15) is 0 Å². The number of benzene rings is 3. The van der Waals surface area contributed by atoms with Crippen LogP contribution in [0.1, 0.15) is 36.9 Å². The zero-order valence-corrected chi connectivity index (χ0v) is 20.5. The summed E-state index contributed by atoms with van der Waals surface area (Å²) in [6.45, 7) is 1.94. The predicted molar refractivity (Wildman–Crippen MR) is 135 cm³/mol. The molecule has 0 radical (unpaired) electrons. The van der Waals surface area contributed by atoms with Gasteiger partial charge in [0.15, 0.2) is 0 Å². The van der Waals surface area contributed by atoms with Crippen molar-refractivity contribution in [1.29, 1.82) is 0 Å². The Hall–Kier alpha value is -3.93. The van der Waals surface area contributed by atoms with Gasteiger partial charge in [-0.25, -0.2) is 0 Å². The van der Waals surface area contributed by atoms with E-state index in [1.54, 1.807) is 19.1 Å². The van der Waals surface area contributed by atoms with Crippen molar-refractivity contribution < 1.29 is 19.1 Å². The van der Waals surface area contributed by atoms with Gasteiger partial charge in [-0.1, -0.05) is 66.7 Å². The number of hydrogen-bond donors (Lipinski definition) is 0. The molecule has 0 saturated carbocycles. The van der Waals surface area contributed by atoms with E-state index >= 15 is 0 Å². The summed E-state index contributed by atoms with van der Waals surface area (Å²) in [6, 6.07) is 24.9.